The van der Waals surface area contributed by atoms with E-state index in [0.29, 0.717) is 17.2 Å². The van der Waals surface area contributed by atoms with Gasteiger partial charge in [0.2, 0.25) is 5.91 Å². The minimum absolute atomic E-state index is 0.150. The van der Waals surface area contributed by atoms with Crippen molar-refractivity contribution in [2.75, 3.05) is 17.7 Å². The number of thiophene rings is 1. The van der Waals surface area contributed by atoms with Crippen LogP contribution in [0.3, 0.4) is 0 Å². The second-order valence-corrected chi connectivity index (χ2v) is 8.92. The SMILES string of the molecule is CCCn1c(CC)nnc1SCC(=O)Nc1sc2c(c1C(=O)OCC)CCCC2. The van der Waals surface area contributed by atoms with E-state index in [2.05, 4.69) is 27.0 Å². The zero-order valence-electron chi connectivity index (χ0n) is 17.2. The van der Waals surface area contributed by atoms with Gasteiger partial charge in [-0.1, -0.05) is 25.6 Å². The van der Waals surface area contributed by atoms with Crippen molar-refractivity contribution in [2.45, 2.75) is 71.0 Å². The summed E-state index contributed by atoms with van der Waals surface area (Å²) >= 11 is 2.89. The molecule has 2 aromatic heterocycles. The van der Waals surface area contributed by atoms with Gasteiger partial charge in [-0.3, -0.25) is 4.79 Å². The average molecular weight is 437 g/mol. The van der Waals surface area contributed by atoms with E-state index in [1.165, 1.54) is 28.0 Å². The second kappa shape index (κ2) is 10.2. The van der Waals surface area contributed by atoms with Crippen molar-refractivity contribution in [1.29, 1.82) is 0 Å². The first-order valence-electron chi connectivity index (χ1n) is 10.2. The molecular formula is C20H28N4O3S2. The smallest absolute Gasteiger partial charge is 0.341 e. The molecule has 1 aliphatic rings. The number of nitrogens with one attached hydrogen (secondary N) is 1. The Bertz CT molecular complexity index is 875. The Morgan fingerprint density at radius 3 is 2.72 bits per heavy atom. The Balaban J connectivity index is 1.72. The van der Waals surface area contributed by atoms with Crippen molar-refractivity contribution in [2.24, 2.45) is 0 Å². The van der Waals surface area contributed by atoms with Crippen LogP contribution >= 0.6 is 23.1 Å². The Morgan fingerprint density at radius 2 is 2.00 bits per heavy atom. The number of hydrogen-bond donors (Lipinski definition) is 1. The first kappa shape index (κ1) is 21.8. The minimum Gasteiger partial charge on any atom is -0.462 e. The highest BCUT2D eigenvalue weighted by atomic mass is 32.2. The lowest BCUT2D eigenvalue weighted by molar-refractivity contribution is -0.113. The number of rotatable bonds is 9. The number of nitrogens with zero attached hydrogens (tertiary/aromatic N) is 3. The number of fused-ring (bicyclic) bond motifs is 1. The number of carbonyl (C=O) groups excluding carboxylic acids is 2. The van der Waals surface area contributed by atoms with Crippen LogP contribution in [0.4, 0.5) is 5.00 Å². The maximum Gasteiger partial charge on any atom is 0.341 e. The number of anilines is 1. The number of hydrogen-bond acceptors (Lipinski definition) is 7. The Hall–Kier alpha value is -1.87. The van der Waals surface area contributed by atoms with Crippen LogP contribution in [-0.2, 0) is 35.3 Å². The van der Waals surface area contributed by atoms with E-state index in [0.717, 1.165) is 61.6 Å². The molecule has 9 heteroatoms. The van der Waals surface area contributed by atoms with Gasteiger partial charge in [0.05, 0.1) is 17.9 Å². The molecule has 0 atom stereocenters. The largest absolute Gasteiger partial charge is 0.462 e. The van der Waals surface area contributed by atoms with E-state index >= 15 is 0 Å². The molecular weight excluding hydrogens is 408 g/mol. The molecule has 0 saturated heterocycles. The van der Waals surface area contributed by atoms with Crippen LogP contribution in [-0.4, -0.2) is 39.0 Å². The van der Waals surface area contributed by atoms with Crippen LogP contribution in [0.15, 0.2) is 5.16 Å². The molecule has 2 heterocycles. The van der Waals surface area contributed by atoms with Crippen molar-refractivity contribution >= 4 is 40.0 Å². The number of amides is 1. The molecule has 0 saturated carbocycles. The fraction of sp³-hybridized carbons (Fsp3) is 0.600. The summed E-state index contributed by atoms with van der Waals surface area (Å²) in [4.78, 5) is 26.4. The standard InChI is InChI=1S/C20H28N4O3S2/c1-4-11-24-15(5-2)22-23-20(24)28-12-16(25)21-18-17(19(26)27-6-3)13-9-7-8-10-14(13)29-18/h4-12H2,1-3H3,(H,21,25). The summed E-state index contributed by atoms with van der Waals surface area (Å²) in [5.74, 6) is 0.662. The molecule has 158 valence electrons. The molecule has 1 N–H and O–H groups in total. The van der Waals surface area contributed by atoms with Gasteiger partial charge in [-0.25, -0.2) is 4.79 Å². The molecule has 3 rings (SSSR count). The predicted molar refractivity (Wildman–Crippen MR) is 116 cm³/mol. The van der Waals surface area contributed by atoms with Crippen molar-refractivity contribution in [1.82, 2.24) is 14.8 Å². The average Bonchev–Trinajstić information content (AvgIpc) is 3.27. The predicted octanol–water partition coefficient (Wildman–Crippen LogP) is 4.10. The van der Waals surface area contributed by atoms with Crippen LogP contribution in [0, 0.1) is 0 Å². The molecule has 0 unspecified atom stereocenters. The number of aryl methyl sites for hydroxylation is 2. The molecule has 0 aliphatic heterocycles. The quantitative estimate of drug-likeness (QED) is 0.470. The summed E-state index contributed by atoms with van der Waals surface area (Å²) in [7, 11) is 0. The fourth-order valence-corrected chi connectivity index (χ4v) is 5.58. The van der Waals surface area contributed by atoms with Crippen LogP contribution in [0.5, 0.6) is 0 Å². The number of carbonyl (C=O) groups is 2. The van der Waals surface area contributed by atoms with E-state index in [9.17, 15) is 9.59 Å². The van der Waals surface area contributed by atoms with Gasteiger partial charge in [0.15, 0.2) is 5.16 Å². The van der Waals surface area contributed by atoms with Gasteiger partial charge in [0.25, 0.3) is 0 Å². The zero-order chi connectivity index (χ0) is 20.8. The molecule has 0 radical (unpaired) electrons. The molecule has 29 heavy (non-hydrogen) atoms. The summed E-state index contributed by atoms with van der Waals surface area (Å²) in [6, 6.07) is 0. The highest BCUT2D eigenvalue weighted by molar-refractivity contribution is 7.99. The van der Waals surface area contributed by atoms with Gasteiger partial charge in [-0.15, -0.1) is 21.5 Å². The lowest BCUT2D eigenvalue weighted by atomic mass is 9.95. The van der Waals surface area contributed by atoms with Crippen molar-refractivity contribution in [3.8, 4) is 0 Å². The third-order valence-electron chi connectivity index (χ3n) is 4.79. The first-order valence-corrected chi connectivity index (χ1v) is 12.1. The van der Waals surface area contributed by atoms with Gasteiger partial charge in [-0.05, 0) is 44.6 Å². The van der Waals surface area contributed by atoms with Crippen molar-refractivity contribution in [3.05, 3.63) is 21.8 Å². The molecule has 0 aromatic carbocycles. The normalized spacial score (nSPS) is 13.2. The number of ether oxygens (including phenoxy) is 1. The summed E-state index contributed by atoms with van der Waals surface area (Å²) in [6.07, 6.45) is 5.79. The second-order valence-electron chi connectivity index (χ2n) is 6.88. The van der Waals surface area contributed by atoms with E-state index in [-0.39, 0.29) is 17.6 Å². The van der Waals surface area contributed by atoms with E-state index in [1.807, 2.05) is 6.92 Å². The highest BCUT2D eigenvalue weighted by Crippen LogP contribution is 2.38. The maximum absolute atomic E-state index is 12.6. The van der Waals surface area contributed by atoms with E-state index in [4.69, 9.17) is 4.74 Å². The van der Waals surface area contributed by atoms with Crippen LogP contribution in [0.1, 0.15) is 66.7 Å². The summed E-state index contributed by atoms with van der Waals surface area (Å²) in [5.41, 5.74) is 1.60. The van der Waals surface area contributed by atoms with Gasteiger partial charge in [0, 0.05) is 17.8 Å². The molecule has 0 bridgehead atoms. The Kier molecular flexibility index (Phi) is 7.71. The van der Waals surface area contributed by atoms with Gasteiger partial charge < -0.3 is 14.6 Å². The third-order valence-corrected chi connectivity index (χ3v) is 6.97. The number of aromatic nitrogens is 3. The monoisotopic (exact) mass is 436 g/mol. The molecule has 0 spiro atoms. The van der Waals surface area contributed by atoms with Gasteiger partial charge >= 0.3 is 5.97 Å². The fourth-order valence-electron chi connectivity index (χ4n) is 3.50. The zero-order valence-corrected chi connectivity index (χ0v) is 18.9. The van der Waals surface area contributed by atoms with Crippen LogP contribution < -0.4 is 5.32 Å². The molecule has 1 amide bonds. The lowest BCUT2D eigenvalue weighted by Crippen LogP contribution is -2.17. The summed E-state index contributed by atoms with van der Waals surface area (Å²) in [5, 5.41) is 12.8. The molecule has 7 nitrogen and oxygen atoms in total. The van der Waals surface area contributed by atoms with Crippen molar-refractivity contribution < 1.29 is 14.3 Å². The van der Waals surface area contributed by atoms with Gasteiger partial charge in [0.1, 0.15) is 10.8 Å². The topological polar surface area (TPSA) is 86.1 Å². The van der Waals surface area contributed by atoms with Crippen LogP contribution in [0.2, 0.25) is 0 Å². The van der Waals surface area contributed by atoms with Crippen LogP contribution in [0.25, 0.3) is 0 Å². The Labute approximate surface area is 179 Å². The number of thioether (sulfide) groups is 1. The first-order chi connectivity index (χ1) is 14.1. The maximum atomic E-state index is 12.6. The lowest BCUT2D eigenvalue weighted by Gasteiger charge is -2.12. The van der Waals surface area contributed by atoms with E-state index < -0.39 is 0 Å². The Morgan fingerprint density at radius 1 is 1.21 bits per heavy atom. The molecule has 0 fully saturated rings. The minimum atomic E-state index is -0.342. The van der Waals surface area contributed by atoms with E-state index in [1.54, 1.807) is 6.92 Å². The third kappa shape index (κ3) is 5.01. The highest BCUT2D eigenvalue weighted by Gasteiger charge is 2.27. The number of esters is 1. The summed E-state index contributed by atoms with van der Waals surface area (Å²) < 4.78 is 7.33. The summed E-state index contributed by atoms with van der Waals surface area (Å²) in [6.45, 7) is 7.11. The molecule has 1 aliphatic carbocycles. The molecule has 2 aromatic rings. The van der Waals surface area contributed by atoms with Gasteiger partial charge in [-0.2, -0.15) is 0 Å². The van der Waals surface area contributed by atoms with Crippen molar-refractivity contribution in [3.63, 3.8) is 0 Å².